The van der Waals surface area contributed by atoms with Crippen molar-refractivity contribution < 1.29 is 55.5 Å². The fourth-order valence-electron chi connectivity index (χ4n) is 6.75. The molecule has 5 heterocycles. The Hall–Kier alpha value is -6.86. The molecule has 15 heteroatoms. The smallest absolute Gasteiger partial charge is 0.481 e. The molecule has 8 bridgehead atoms. The number of hydrogen-bond donors (Lipinski definition) is 2. The number of allylic oxidation sites excluding steroid dienone is 2. The first-order valence-electron chi connectivity index (χ1n) is 20.4. The molecule has 2 aliphatic rings. The Balaban J connectivity index is 0.000000240. The monoisotopic (exact) mass is 918 g/mol. The number of aromatic nitrogens is 8. The Bertz CT molecular complexity index is 2660. The maximum Gasteiger partial charge on any atom is 2.00 e. The van der Waals surface area contributed by atoms with Crippen LogP contribution in [0.5, 0.6) is 0 Å². The molecule has 9 rings (SSSR count). The van der Waals surface area contributed by atoms with Crippen LogP contribution in [0.15, 0.2) is 121 Å². The van der Waals surface area contributed by atoms with E-state index in [2.05, 4.69) is 9.47 Å². The summed E-state index contributed by atoms with van der Waals surface area (Å²) < 4.78 is 9.31. The first-order valence-corrected chi connectivity index (χ1v) is 20.4. The van der Waals surface area contributed by atoms with Gasteiger partial charge >= 0.3 is 26.2 Å². The predicted molar refractivity (Wildman–Crippen MR) is 238 cm³/mol. The van der Waals surface area contributed by atoms with E-state index >= 15 is 0 Å². The minimum absolute atomic E-state index is 0. The van der Waals surface area contributed by atoms with Gasteiger partial charge in [-0.2, -0.15) is 0 Å². The fraction of sp³-hybridized carbons (Fsp3) is 0.208. The molecule has 0 saturated heterocycles. The van der Waals surface area contributed by atoms with Crippen LogP contribution in [0.25, 0.3) is 89.7 Å². The molecule has 0 spiro atoms. The maximum absolute atomic E-state index is 10.8. The van der Waals surface area contributed by atoms with E-state index in [4.69, 9.17) is 50.1 Å². The van der Waals surface area contributed by atoms with Gasteiger partial charge in [0, 0.05) is 57.7 Å². The Kier molecular flexibility index (Phi) is 15.4. The van der Waals surface area contributed by atoms with Crippen molar-refractivity contribution in [2.24, 2.45) is 0 Å². The zero-order chi connectivity index (χ0) is 43.6. The SMILES string of the molecule is CCCC(=O)C=C(O)OCC.CCCC(=O)C=C(O)OCC.[Zr+2].c1ccc2c(c1)-c1nc-2nc2[n-]c(nc3nc(nc4[n-]c(n1)c1ccccc41)-c1ccccc1-3)c1ccccc21. The number of nitrogens with zero attached hydrogens (tertiary/aromatic N) is 8. The fourth-order valence-corrected chi connectivity index (χ4v) is 6.75. The average molecular weight is 920 g/mol. The van der Waals surface area contributed by atoms with E-state index in [1.54, 1.807) is 13.8 Å². The molecule has 2 N–H and O–H groups in total. The van der Waals surface area contributed by atoms with Gasteiger partial charge in [-0.1, -0.05) is 111 Å². The molecular formula is C48H44N8O6Zr. The number of aliphatic hydroxyl groups is 2. The van der Waals surface area contributed by atoms with Gasteiger partial charge in [0.15, 0.2) is 11.6 Å². The van der Waals surface area contributed by atoms with Gasteiger partial charge in [-0.3, -0.25) is 9.59 Å². The number of hydrogen-bond acceptors (Lipinski definition) is 12. The summed E-state index contributed by atoms with van der Waals surface area (Å²) >= 11 is 0. The van der Waals surface area contributed by atoms with E-state index in [9.17, 15) is 9.59 Å². The molecule has 0 saturated carbocycles. The van der Waals surface area contributed by atoms with Crippen LogP contribution in [-0.4, -0.2) is 64.9 Å². The quantitative estimate of drug-likeness (QED) is 0.0970. The van der Waals surface area contributed by atoms with Gasteiger partial charge in [0.2, 0.25) is 0 Å². The molecule has 0 radical (unpaired) electrons. The van der Waals surface area contributed by atoms with Gasteiger partial charge < -0.3 is 49.6 Å². The number of carbonyl (C=O) groups excluding carboxylic acids is 2. The third-order valence-corrected chi connectivity index (χ3v) is 9.48. The summed E-state index contributed by atoms with van der Waals surface area (Å²) in [6, 6.07) is 31.8. The Labute approximate surface area is 382 Å². The standard InChI is InChI=1S/C32H16N8.2C8H14O3.Zr/c1-2-10-18-17(9-1)25-33-26(18)38-28-21-13-5-6-14-22(21)30(35-28)40-32-24-16-8-7-15-23(24)31(36-32)39-29-20-12-4-3-11-19(20)27(34-29)37-25;2*1-3-5-7(9)6-8(10)11-4-2;/h1-16H;2*6,10H,3-5H2,1-2H3;/q-2;;;+2. The molecule has 4 aromatic carbocycles. The van der Waals surface area contributed by atoms with Crippen molar-refractivity contribution in [1.82, 2.24) is 39.9 Å². The second-order valence-electron chi connectivity index (χ2n) is 13.9. The van der Waals surface area contributed by atoms with Crippen LogP contribution >= 0.6 is 0 Å². The van der Waals surface area contributed by atoms with Gasteiger partial charge in [0.1, 0.15) is 0 Å². The van der Waals surface area contributed by atoms with Gasteiger partial charge in [-0.15, -0.1) is 0 Å². The van der Waals surface area contributed by atoms with Crippen LogP contribution in [0.3, 0.4) is 0 Å². The summed E-state index contributed by atoms with van der Waals surface area (Å²) in [7, 11) is 0. The number of aliphatic hydroxyl groups excluding tert-OH is 2. The largest absolute Gasteiger partial charge is 2.00 e. The summed E-state index contributed by atoms with van der Waals surface area (Å²) in [5, 5.41) is 21.3. The maximum atomic E-state index is 10.8. The van der Waals surface area contributed by atoms with Crippen molar-refractivity contribution in [3.8, 4) is 45.6 Å². The van der Waals surface area contributed by atoms with Crippen LogP contribution in [0, 0.1) is 0 Å². The molecule has 2 aliphatic heterocycles. The Morgan fingerprint density at radius 1 is 0.476 bits per heavy atom. The van der Waals surface area contributed by atoms with Crippen LogP contribution in [0.1, 0.15) is 53.4 Å². The van der Waals surface area contributed by atoms with E-state index in [0.29, 0.717) is 71.9 Å². The first-order chi connectivity index (χ1) is 30.2. The van der Waals surface area contributed by atoms with E-state index in [0.717, 1.165) is 68.8 Å². The minimum atomic E-state index is -0.286. The molecule has 14 nitrogen and oxygen atoms in total. The number of benzene rings is 4. The number of ketones is 2. The van der Waals surface area contributed by atoms with E-state index in [-0.39, 0.29) is 49.7 Å². The Morgan fingerprint density at radius 2 is 0.746 bits per heavy atom. The van der Waals surface area contributed by atoms with Gasteiger partial charge in [0.05, 0.1) is 48.7 Å². The zero-order valence-corrected chi connectivity index (χ0v) is 37.7. The molecule has 3 aromatic heterocycles. The number of rotatable bonds is 10. The number of fused-ring (bicyclic) bond motifs is 20. The van der Waals surface area contributed by atoms with Crippen LogP contribution < -0.4 is 9.97 Å². The summed E-state index contributed by atoms with van der Waals surface area (Å²) in [6.45, 7) is 8.05. The average Bonchev–Trinajstić information content (AvgIpc) is 4.00. The van der Waals surface area contributed by atoms with Crippen LogP contribution in [0.2, 0.25) is 0 Å². The number of carbonyl (C=O) groups is 2. The molecular weight excluding hydrogens is 876 g/mol. The molecule has 0 atom stereocenters. The summed E-state index contributed by atoms with van der Waals surface area (Å²) in [4.78, 5) is 60.9. The van der Waals surface area contributed by atoms with Crippen LogP contribution in [0.4, 0.5) is 0 Å². The van der Waals surface area contributed by atoms with E-state index < -0.39 is 0 Å². The zero-order valence-electron chi connectivity index (χ0n) is 35.2. The molecule has 0 unspecified atom stereocenters. The number of ether oxygens (including phenoxy) is 2. The Morgan fingerprint density at radius 3 is 1.00 bits per heavy atom. The van der Waals surface area contributed by atoms with Gasteiger partial charge in [-0.05, 0) is 48.2 Å². The summed E-state index contributed by atoms with van der Waals surface area (Å²) in [6.07, 6.45) is 4.72. The molecule has 0 fully saturated rings. The minimum Gasteiger partial charge on any atom is -0.481 e. The first kappa shape index (κ1) is 45.7. The molecule has 316 valence electrons. The topological polar surface area (TPSA) is 199 Å². The molecule has 63 heavy (non-hydrogen) atoms. The van der Waals surface area contributed by atoms with Gasteiger partial charge in [-0.25, -0.2) is 9.97 Å². The second kappa shape index (κ2) is 21.3. The second-order valence-corrected chi connectivity index (χ2v) is 13.9. The van der Waals surface area contributed by atoms with Gasteiger partial charge in [0.25, 0.3) is 11.9 Å². The third-order valence-electron chi connectivity index (χ3n) is 9.48. The van der Waals surface area contributed by atoms with E-state index in [1.807, 2.05) is 111 Å². The summed E-state index contributed by atoms with van der Waals surface area (Å²) in [5.41, 5.74) is 5.78. The normalized spacial score (nSPS) is 11.6. The van der Waals surface area contributed by atoms with Crippen LogP contribution in [-0.2, 0) is 45.3 Å². The van der Waals surface area contributed by atoms with Crippen molar-refractivity contribution in [2.75, 3.05) is 13.2 Å². The van der Waals surface area contributed by atoms with Crippen molar-refractivity contribution in [1.29, 1.82) is 0 Å². The van der Waals surface area contributed by atoms with Crippen molar-refractivity contribution in [3.63, 3.8) is 0 Å². The van der Waals surface area contributed by atoms with E-state index in [1.165, 1.54) is 0 Å². The molecule has 0 amide bonds. The third kappa shape index (κ3) is 10.6. The summed E-state index contributed by atoms with van der Waals surface area (Å²) in [5.74, 6) is 1.44. The predicted octanol–water partition coefficient (Wildman–Crippen LogP) is 9.71. The van der Waals surface area contributed by atoms with Crippen molar-refractivity contribution in [2.45, 2.75) is 53.4 Å². The molecule has 7 aromatic rings. The van der Waals surface area contributed by atoms with Crippen molar-refractivity contribution >= 4 is 55.7 Å². The van der Waals surface area contributed by atoms with Crippen molar-refractivity contribution in [3.05, 3.63) is 121 Å². The molecule has 0 aliphatic carbocycles.